The summed E-state index contributed by atoms with van der Waals surface area (Å²) >= 11 is 0. The maximum atomic E-state index is 2.75. The molecule has 1 heterocycles. The number of fused-ring (bicyclic) bond motifs is 6. The van der Waals surface area contributed by atoms with Gasteiger partial charge in [0.2, 0.25) is 0 Å². The third-order valence-corrected chi connectivity index (χ3v) is 17.5. The summed E-state index contributed by atoms with van der Waals surface area (Å²) < 4.78 is 2.75. The second kappa shape index (κ2) is 11.9. The highest BCUT2D eigenvalue weighted by Crippen LogP contribution is 2.63. The van der Waals surface area contributed by atoms with Gasteiger partial charge in [0.05, 0.1) is 16.7 Å². The van der Waals surface area contributed by atoms with Crippen molar-refractivity contribution >= 4 is 21.8 Å². The van der Waals surface area contributed by atoms with Crippen LogP contribution < -0.4 is 0 Å². The van der Waals surface area contributed by atoms with Gasteiger partial charge in [-0.3, -0.25) is 0 Å². The van der Waals surface area contributed by atoms with Gasteiger partial charge >= 0.3 is 0 Å². The molecule has 0 unspecified atom stereocenters. The fourth-order valence-corrected chi connectivity index (χ4v) is 16.1. The van der Waals surface area contributed by atoms with Crippen LogP contribution in [0.5, 0.6) is 0 Å². The number of hydrogen-bond donors (Lipinski definition) is 0. The van der Waals surface area contributed by atoms with Crippen LogP contribution in [-0.2, 0) is 17.3 Å². The van der Waals surface area contributed by atoms with Gasteiger partial charge in [-0.05, 0) is 198 Å². The van der Waals surface area contributed by atoms with Crippen LogP contribution in [0.15, 0.2) is 127 Å². The van der Waals surface area contributed by atoms with Crippen molar-refractivity contribution in [2.75, 3.05) is 0 Å². The van der Waals surface area contributed by atoms with Crippen LogP contribution in [0.3, 0.4) is 0 Å². The fourth-order valence-electron chi connectivity index (χ4n) is 16.1. The quantitative estimate of drug-likeness (QED) is 0.165. The summed E-state index contributed by atoms with van der Waals surface area (Å²) in [5.74, 6) is 5.58. The van der Waals surface area contributed by atoms with Crippen LogP contribution in [0.2, 0.25) is 0 Å². The highest BCUT2D eigenvalue weighted by atomic mass is 15.0. The van der Waals surface area contributed by atoms with E-state index < -0.39 is 0 Å². The molecule has 6 aromatic carbocycles. The molecule has 286 valence electrons. The number of nitrogens with zero attached hydrogens (tertiary/aromatic N) is 1. The van der Waals surface area contributed by atoms with Crippen molar-refractivity contribution in [2.45, 2.75) is 94.3 Å². The molecule has 0 radical (unpaired) electrons. The molecule has 8 saturated carbocycles. The summed E-state index contributed by atoms with van der Waals surface area (Å²) in [6, 6.07) is 50.4. The van der Waals surface area contributed by atoms with Crippen molar-refractivity contribution in [3.05, 3.63) is 150 Å². The zero-order chi connectivity index (χ0) is 37.7. The van der Waals surface area contributed by atoms with E-state index >= 15 is 0 Å². The van der Waals surface area contributed by atoms with E-state index in [-0.39, 0.29) is 0 Å². The van der Waals surface area contributed by atoms with Crippen LogP contribution >= 0.6 is 0 Å². The highest BCUT2D eigenvalue weighted by Gasteiger charge is 2.53. The molecule has 0 spiro atoms. The Labute approximate surface area is 343 Å². The van der Waals surface area contributed by atoms with E-state index in [1.165, 1.54) is 149 Å². The van der Waals surface area contributed by atoms with Crippen LogP contribution in [0.1, 0.15) is 99.3 Å². The largest absolute Gasteiger partial charge is 0.309 e. The monoisotopic (exact) mass is 751 g/mol. The molecule has 0 amide bonds. The molecule has 9 aliphatic rings. The average Bonchev–Trinajstić information content (AvgIpc) is 3.78. The Morgan fingerprint density at radius 1 is 0.379 bits per heavy atom. The van der Waals surface area contributed by atoms with Crippen LogP contribution in [0, 0.1) is 35.5 Å². The Hall–Kier alpha value is -4.88. The lowest BCUT2D eigenvalue weighted by Crippen LogP contribution is -2.48. The van der Waals surface area contributed by atoms with Gasteiger partial charge in [0.1, 0.15) is 0 Å². The number of rotatable bonds is 5. The summed E-state index contributed by atoms with van der Waals surface area (Å²) in [6.07, 6.45) is 18.3. The number of hydrogen-bond acceptors (Lipinski definition) is 0. The number of para-hydroxylation sites is 1. The van der Waals surface area contributed by atoms with E-state index in [0.29, 0.717) is 10.8 Å². The second-order valence-electron chi connectivity index (χ2n) is 20.9. The van der Waals surface area contributed by atoms with E-state index in [2.05, 4.69) is 132 Å². The van der Waals surface area contributed by atoms with Gasteiger partial charge in [-0.15, -0.1) is 0 Å². The van der Waals surface area contributed by atoms with Crippen LogP contribution in [0.25, 0.3) is 60.9 Å². The molecule has 1 aromatic heterocycles. The van der Waals surface area contributed by atoms with Crippen molar-refractivity contribution in [1.29, 1.82) is 0 Å². The highest BCUT2D eigenvalue weighted by molar-refractivity contribution is 6.10. The first-order valence-corrected chi connectivity index (χ1v) is 23.0. The molecule has 0 saturated heterocycles. The maximum Gasteiger partial charge on any atom is 0.0544 e. The van der Waals surface area contributed by atoms with E-state index in [1.54, 1.807) is 11.1 Å². The first kappa shape index (κ1) is 33.0. The van der Waals surface area contributed by atoms with Gasteiger partial charge in [0, 0.05) is 16.3 Å². The molecule has 0 N–H and O–H groups in total. The van der Waals surface area contributed by atoms with E-state index in [9.17, 15) is 0 Å². The van der Waals surface area contributed by atoms with E-state index in [0.717, 1.165) is 41.9 Å². The Morgan fingerprint density at radius 3 is 1.36 bits per heavy atom. The molecule has 9 aliphatic carbocycles. The third-order valence-electron chi connectivity index (χ3n) is 17.5. The summed E-state index contributed by atoms with van der Waals surface area (Å²) in [6.45, 7) is 0. The minimum absolute atomic E-state index is 0.352. The number of benzene rings is 6. The number of aromatic nitrogens is 1. The Balaban J connectivity index is 1.00. The van der Waals surface area contributed by atoms with Gasteiger partial charge in [-0.2, -0.15) is 0 Å². The summed E-state index contributed by atoms with van der Waals surface area (Å²) in [5, 5.41) is 2.84. The molecular formula is C57H53N. The lowest BCUT2D eigenvalue weighted by Gasteiger charge is -2.57. The second-order valence-corrected chi connectivity index (χ2v) is 20.9. The van der Waals surface area contributed by atoms with Crippen molar-refractivity contribution < 1.29 is 0 Å². The Bertz CT molecular complexity index is 2670. The van der Waals surface area contributed by atoms with E-state index in [4.69, 9.17) is 0 Å². The molecule has 1 heteroatoms. The average molecular weight is 752 g/mol. The lowest BCUT2D eigenvalue weighted by atomic mass is 9.48. The minimum atomic E-state index is 0.352. The van der Waals surface area contributed by atoms with Crippen molar-refractivity contribution in [3.63, 3.8) is 0 Å². The third kappa shape index (κ3) is 4.65. The molecule has 8 fully saturated rings. The maximum absolute atomic E-state index is 2.75. The summed E-state index contributed by atoms with van der Waals surface area (Å²) in [7, 11) is 0. The predicted molar refractivity (Wildman–Crippen MR) is 240 cm³/mol. The minimum Gasteiger partial charge on any atom is -0.309 e. The molecular weight excluding hydrogens is 699 g/mol. The van der Waals surface area contributed by atoms with Gasteiger partial charge in [-0.1, -0.05) is 109 Å². The first-order chi connectivity index (χ1) is 28.6. The van der Waals surface area contributed by atoms with Gasteiger partial charge < -0.3 is 4.57 Å². The van der Waals surface area contributed by atoms with Crippen molar-refractivity contribution in [2.24, 2.45) is 35.5 Å². The Morgan fingerprint density at radius 2 is 0.810 bits per heavy atom. The lowest BCUT2D eigenvalue weighted by molar-refractivity contribution is -0.00524. The van der Waals surface area contributed by atoms with E-state index in [1.807, 2.05) is 0 Å². The smallest absolute Gasteiger partial charge is 0.0544 e. The summed E-state index contributed by atoms with van der Waals surface area (Å²) in [5.41, 5.74) is 19.1. The standard InChI is InChI=1S/C57H53N/c1-2-10-45-41(8-1)26-42-9-7-14-51(55(42)45)47-12-4-3-11-46(47)48-13-5-6-15-52(48)58-53-27-43(56-29-35-20-36(30-56)22-37(21-35)31-56)16-18-49(53)50-19-17-44(28-54(50)58)57-32-38-23-39(33-57)25-40(24-38)34-57/h1-19,27-28,35-40H,20-26,29-34H2. The molecule has 7 aromatic rings. The van der Waals surface area contributed by atoms with Crippen LogP contribution in [-0.4, -0.2) is 4.57 Å². The predicted octanol–water partition coefficient (Wildman–Crippen LogP) is 14.6. The SMILES string of the molecule is c1ccc2c(c1)Cc1cccc(-c3ccccc3-c3ccccc3-n3c4cc(C56CC7CC(CC(C7)C5)C6)ccc4c4ccc(C56CC7CC(CC(C7)C5)C6)cc43)c1-2. The first-order valence-electron chi connectivity index (χ1n) is 23.0. The van der Waals surface area contributed by atoms with Gasteiger partial charge in [-0.25, -0.2) is 0 Å². The van der Waals surface area contributed by atoms with Gasteiger partial charge in [0.25, 0.3) is 0 Å². The zero-order valence-corrected chi connectivity index (χ0v) is 33.7. The molecule has 58 heavy (non-hydrogen) atoms. The topological polar surface area (TPSA) is 4.93 Å². The molecule has 16 rings (SSSR count). The molecule has 0 aliphatic heterocycles. The van der Waals surface area contributed by atoms with Gasteiger partial charge in [0.15, 0.2) is 0 Å². The van der Waals surface area contributed by atoms with Crippen molar-refractivity contribution in [3.8, 4) is 39.1 Å². The van der Waals surface area contributed by atoms with Crippen LogP contribution in [0.4, 0.5) is 0 Å². The fraction of sp³-hybridized carbons (Fsp3) is 0.368. The molecule has 8 bridgehead atoms. The summed E-state index contributed by atoms with van der Waals surface area (Å²) in [4.78, 5) is 0. The molecule has 0 atom stereocenters. The zero-order valence-electron chi connectivity index (χ0n) is 33.7. The van der Waals surface area contributed by atoms with Crippen molar-refractivity contribution in [1.82, 2.24) is 4.57 Å². The molecule has 1 nitrogen and oxygen atoms in total. The Kier molecular flexibility index (Phi) is 6.75. The normalized spacial score (nSPS) is 31.0.